The molecule has 0 N–H and O–H groups in total. The largest absolute Gasteiger partial charge is 0.353 e. The molecule has 8 unspecified atom stereocenters. The SMILES string of the molecule is CCC[C@@]1(OC(C)OCC)CCC2C(CC[C@@H]3C2CCC2(C)C3CCC2(C#N)OC(C)OCC)C1. The minimum atomic E-state index is -0.708. The van der Waals surface area contributed by atoms with Crippen LogP contribution in [0.3, 0.4) is 0 Å². The second-order valence-electron chi connectivity index (χ2n) is 12.3. The Kier molecular flexibility index (Phi) is 8.58. The Hall–Kier alpha value is -0.670. The van der Waals surface area contributed by atoms with E-state index in [1.807, 2.05) is 20.8 Å². The minimum Gasteiger partial charge on any atom is -0.353 e. The summed E-state index contributed by atoms with van der Waals surface area (Å²) in [6.07, 6.45) is 12.4. The van der Waals surface area contributed by atoms with Crippen LogP contribution in [-0.4, -0.2) is 37.0 Å². The molecule has 0 saturated heterocycles. The lowest BCUT2D eigenvalue weighted by molar-refractivity contribution is -0.234. The zero-order chi connectivity index (χ0) is 25.3. The summed E-state index contributed by atoms with van der Waals surface area (Å²) in [6, 6.07) is 2.68. The summed E-state index contributed by atoms with van der Waals surface area (Å²) < 4.78 is 24.6. The number of ether oxygens (including phenoxy) is 4. The van der Waals surface area contributed by atoms with Gasteiger partial charge in [0.15, 0.2) is 18.2 Å². The predicted molar refractivity (Wildman–Crippen MR) is 137 cm³/mol. The van der Waals surface area contributed by atoms with Crippen molar-refractivity contribution < 1.29 is 18.9 Å². The first-order chi connectivity index (χ1) is 16.8. The van der Waals surface area contributed by atoms with Crippen molar-refractivity contribution in [1.29, 1.82) is 5.26 Å². The average Bonchev–Trinajstić information content (AvgIpc) is 3.11. The van der Waals surface area contributed by atoms with Crippen molar-refractivity contribution in [3.63, 3.8) is 0 Å². The van der Waals surface area contributed by atoms with E-state index in [1.54, 1.807) is 0 Å². The van der Waals surface area contributed by atoms with E-state index in [0.717, 1.165) is 49.4 Å². The molecule has 10 atom stereocenters. The molecule has 5 heteroatoms. The van der Waals surface area contributed by atoms with Gasteiger partial charge in [0.25, 0.3) is 0 Å². The average molecular weight is 490 g/mol. The summed E-state index contributed by atoms with van der Waals surface area (Å²) in [5, 5.41) is 10.4. The summed E-state index contributed by atoms with van der Waals surface area (Å²) in [7, 11) is 0. The van der Waals surface area contributed by atoms with E-state index < -0.39 is 5.60 Å². The molecule has 4 aliphatic rings. The van der Waals surface area contributed by atoms with Crippen molar-refractivity contribution in [3.8, 4) is 6.07 Å². The molecular weight excluding hydrogens is 438 g/mol. The molecule has 5 nitrogen and oxygen atoms in total. The minimum absolute atomic E-state index is 0.00685. The topological polar surface area (TPSA) is 60.7 Å². The summed E-state index contributed by atoms with van der Waals surface area (Å²) in [5.41, 5.74) is -0.787. The van der Waals surface area contributed by atoms with E-state index in [9.17, 15) is 5.26 Å². The Morgan fingerprint density at radius 3 is 2.17 bits per heavy atom. The van der Waals surface area contributed by atoms with Crippen molar-refractivity contribution in [1.82, 2.24) is 0 Å². The molecule has 4 rings (SSSR count). The van der Waals surface area contributed by atoms with E-state index in [4.69, 9.17) is 18.9 Å². The quantitative estimate of drug-likeness (QED) is 0.303. The maximum Gasteiger partial charge on any atom is 0.162 e. The molecule has 0 aliphatic heterocycles. The molecule has 0 radical (unpaired) electrons. The van der Waals surface area contributed by atoms with Crippen molar-refractivity contribution >= 4 is 0 Å². The molecule has 4 aliphatic carbocycles. The first-order valence-corrected chi connectivity index (χ1v) is 14.8. The lowest BCUT2D eigenvalue weighted by Gasteiger charge is -2.58. The van der Waals surface area contributed by atoms with Crippen molar-refractivity contribution in [3.05, 3.63) is 0 Å². The third-order valence-corrected chi connectivity index (χ3v) is 10.7. The summed E-state index contributed by atoms with van der Waals surface area (Å²) in [6.45, 7) is 14.0. The first-order valence-electron chi connectivity index (χ1n) is 14.8. The Bertz CT molecular complexity index is 753. The standard InChI is InChI=1S/C30H51NO4/c1-7-15-29(34-21(4)32-8-2)17-13-24-23(19-29)10-11-26-25(24)12-16-28(6)27(26)14-18-30(28,20-31)35-22(5)33-9-3/h21-27H,7-19H2,1-6H3/t21?,22?,23?,24?,25?,26-,27?,28?,29-,30?/m1/s1. The molecular formula is C30H51NO4. The number of nitriles is 1. The van der Waals surface area contributed by atoms with Gasteiger partial charge in [-0.2, -0.15) is 5.26 Å². The Morgan fingerprint density at radius 1 is 0.829 bits per heavy atom. The molecule has 35 heavy (non-hydrogen) atoms. The van der Waals surface area contributed by atoms with E-state index >= 15 is 0 Å². The van der Waals surface area contributed by atoms with Gasteiger partial charge in [-0.15, -0.1) is 0 Å². The molecule has 0 aromatic heterocycles. The summed E-state index contributed by atoms with van der Waals surface area (Å²) in [5.74, 6) is 3.71. The van der Waals surface area contributed by atoms with Crippen LogP contribution in [0, 0.1) is 46.3 Å². The molecule has 0 amide bonds. The maximum atomic E-state index is 10.4. The van der Waals surface area contributed by atoms with Crippen LogP contribution in [0.15, 0.2) is 0 Å². The van der Waals surface area contributed by atoms with Crippen LogP contribution in [0.25, 0.3) is 0 Å². The van der Waals surface area contributed by atoms with Gasteiger partial charge in [-0.05, 0) is 121 Å². The van der Waals surface area contributed by atoms with Crippen LogP contribution in [-0.2, 0) is 18.9 Å². The fraction of sp³-hybridized carbons (Fsp3) is 0.967. The summed E-state index contributed by atoms with van der Waals surface area (Å²) >= 11 is 0. The maximum absolute atomic E-state index is 10.4. The fourth-order valence-corrected chi connectivity index (χ4v) is 9.37. The monoisotopic (exact) mass is 489 g/mol. The molecule has 0 spiro atoms. The van der Waals surface area contributed by atoms with Gasteiger partial charge in [0.05, 0.1) is 11.7 Å². The Balaban J connectivity index is 1.48. The number of hydrogen-bond acceptors (Lipinski definition) is 5. The highest BCUT2D eigenvalue weighted by molar-refractivity contribution is 5.21. The van der Waals surface area contributed by atoms with Crippen molar-refractivity contribution in [2.45, 2.75) is 136 Å². The molecule has 0 heterocycles. The molecule has 4 fully saturated rings. The number of nitrogens with zero attached hydrogens (tertiary/aromatic N) is 1. The van der Waals surface area contributed by atoms with Gasteiger partial charge in [0, 0.05) is 18.6 Å². The van der Waals surface area contributed by atoms with Gasteiger partial charge < -0.3 is 18.9 Å². The van der Waals surface area contributed by atoms with Gasteiger partial charge >= 0.3 is 0 Å². The Labute approximate surface area is 214 Å². The highest BCUT2D eigenvalue weighted by Crippen LogP contribution is 2.66. The van der Waals surface area contributed by atoms with Crippen LogP contribution in [0.4, 0.5) is 0 Å². The summed E-state index contributed by atoms with van der Waals surface area (Å²) in [4.78, 5) is 0. The zero-order valence-corrected chi connectivity index (χ0v) is 23.3. The number of hydrogen-bond donors (Lipinski definition) is 0. The van der Waals surface area contributed by atoms with Gasteiger partial charge in [-0.3, -0.25) is 0 Å². The molecule has 0 bridgehead atoms. The molecule has 4 saturated carbocycles. The predicted octanol–water partition coefficient (Wildman–Crippen LogP) is 7.24. The van der Waals surface area contributed by atoms with E-state index in [0.29, 0.717) is 19.1 Å². The zero-order valence-electron chi connectivity index (χ0n) is 23.3. The smallest absolute Gasteiger partial charge is 0.162 e. The first kappa shape index (κ1) is 27.4. The van der Waals surface area contributed by atoms with Crippen molar-refractivity contribution in [2.75, 3.05) is 13.2 Å². The molecule has 0 aromatic carbocycles. The number of rotatable bonds is 10. The Morgan fingerprint density at radius 2 is 1.51 bits per heavy atom. The van der Waals surface area contributed by atoms with Gasteiger partial charge in [0.1, 0.15) is 0 Å². The lowest BCUT2D eigenvalue weighted by atomic mass is 9.48. The van der Waals surface area contributed by atoms with Crippen LogP contribution < -0.4 is 0 Å². The normalized spacial score (nSPS) is 44.5. The van der Waals surface area contributed by atoms with E-state index in [-0.39, 0.29) is 23.6 Å². The van der Waals surface area contributed by atoms with Gasteiger partial charge in [-0.25, -0.2) is 0 Å². The van der Waals surface area contributed by atoms with E-state index in [1.165, 1.54) is 44.9 Å². The molecule has 0 aromatic rings. The highest BCUT2D eigenvalue weighted by Gasteiger charge is 2.65. The van der Waals surface area contributed by atoms with Crippen LogP contribution in [0.1, 0.15) is 112 Å². The van der Waals surface area contributed by atoms with Gasteiger partial charge in [0.2, 0.25) is 0 Å². The van der Waals surface area contributed by atoms with Crippen LogP contribution in [0.2, 0.25) is 0 Å². The van der Waals surface area contributed by atoms with Gasteiger partial charge in [-0.1, -0.05) is 20.3 Å². The van der Waals surface area contributed by atoms with Crippen LogP contribution >= 0.6 is 0 Å². The third kappa shape index (κ3) is 4.95. The lowest BCUT2D eigenvalue weighted by Crippen LogP contribution is -2.56. The second kappa shape index (κ2) is 11.0. The second-order valence-corrected chi connectivity index (χ2v) is 12.3. The third-order valence-electron chi connectivity index (χ3n) is 10.7. The molecule has 200 valence electrons. The fourth-order valence-electron chi connectivity index (χ4n) is 9.37. The highest BCUT2D eigenvalue weighted by atomic mass is 16.7. The number of fused-ring (bicyclic) bond motifs is 5. The van der Waals surface area contributed by atoms with Crippen LogP contribution in [0.5, 0.6) is 0 Å². The van der Waals surface area contributed by atoms with E-state index in [2.05, 4.69) is 26.8 Å². The van der Waals surface area contributed by atoms with Crippen molar-refractivity contribution in [2.24, 2.45) is 35.0 Å².